The molecule has 0 saturated carbocycles. The molecular weight excluding hydrogens is 378 g/mol. The number of ether oxygens (including phenoxy) is 2. The van der Waals surface area contributed by atoms with Crippen molar-refractivity contribution in [2.45, 2.75) is 44.9 Å². The van der Waals surface area contributed by atoms with Crippen LogP contribution >= 0.6 is 15.9 Å². The highest BCUT2D eigenvalue weighted by Gasteiger charge is 2.34. The van der Waals surface area contributed by atoms with Gasteiger partial charge in [0.25, 0.3) is 0 Å². The van der Waals surface area contributed by atoms with Crippen LogP contribution in [-0.2, 0) is 16.8 Å². The molecule has 2 aromatic carbocycles. The SMILES string of the molecule is CC(C)Oc1cccc(CNC2(c3cccc(Br)c3)CCOCC2)c1. The summed E-state index contributed by atoms with van der Waals surface area (Å²) in [6.07, 6.45) is 2.14. The summed E-state index contributed by atoms with van der Waals surface area (Å²) in [6.45, 7) is 6.48. The van der Waals surface area contributed by atoms with Crippen LogP contribution in [0.3, 0.4) is 0 Å². The molecule has 0 aromatic heterocycles. The largest absolute Gasteiger partial charge is 0.491 e. The third kappa shape index (κ3) is 4.84. The van der Waals surface area contributed by atoms with Crippen LogP contribution in [0.2, 0.25) is 0 Å². The monoisotopic (exact) mass is 403 g/mol. The maximum Gasteiger partial charge on any atom is 0.120 e. The standard InChI is InChI=1S/C21H26BrNO2/c1-16(2)25-20-8-3-5-17(13-20)15-23-21(9-11-24-12-10-21)18-6-4-7-19(22)14-18/h3-8,13-14,16,23H,9-12,15H2,1-2H3. The van der Waals surface area contributed by atoms with Crippen LogP contribution in [0.5, 0.6) is 5.75 Å². The van der Waals surface area contributed by atoms with Crippen LogP contribution in [0.25, 0.3) is 0 Å². The lowest BCUT2D eigenvalue weighted by molar-refractivity contribution is 0.0357. The molecule has 0 unspecified atom stereocenters. The number of rotatable bonds is 6. The first-order valence-corrected chi connectivity index (χ1v) is 9.71. The Bertz CT molecular complexity index is 696. The molecule has 1 aliphatic heterocycles. The van der Waals surface area contributed by atoms with Crippen LogP contribution in [-0.4, -0.2) is 19.3 Å². The fourth-order valence-electron chi connectivity index (χ4n) is 3.35. The van der Waals surface area contributed by atoms with Gasteiger partial charge in [0.1, 0.15) is 5.75 Å². The summed E-state index contributed by atoms with van der Waals surface area (Å²) in [7, 11) is 0. The Morgan fingerprint density at radius 2 is 1.88 bits per heavy atom. The fourth-order valence-corrected chi connectivity index (χ4v) is 3.74. The van der Waals surface area contributed by atoms with Crippen molar-refractivity contribution >= 4 is 15.9 Å². The number of hydrogen-bond acceptors (Lipinski definition) is 3. The Labute approximate surface area is 158 Å². The molecule has 1 aliphatic rings. The number of nitrogens with one attached hydrogen (secondary N) is 1. The fraction of sp³-hybridized carbons (Fsp3) is 0.429. The van der Waals surface area contributed by atoms with Gasteiger partial charge in [0.15, 0.2) is 0 Å². The minimum atomic E-state index is -0.0447. The maximum atomic E-state index is 5.82. The summed E-state index contributed by atoms with van der Waals surface area (Å²) >= 11 is 3.61. The molecule has 1 fully saturated rings. The van der Waals surface area contributed by atoms with Crippen LogP contribution in [0, 0.1) is 0 Å². The minimum absolute atomic E-state index is 0.0447. The Morgan fingerprint density at radius 1 is 1.12 bits per heavy atom. The van der Waals surface area contributed by atoms with E-state index in [1.165, 1.54) is 11.1 Å². The molecule has 1 heterocycles. The molecule has 25 heavy (non-hydrogen) atoms. The van der Waals surface area contributed by atoms with Crippen LogP contribution in [0.15, 0.2) is 53.0 Å². The van der Waals surface area contributed by atoms with Gasteiger partial charge < -0.3 is 14.8 Å². The van der Waals surface area contributed by atoms with Gasteiger partial charge in [0, 0.05) is 29.8 Å². The van der Waals surface area contributed by atoms with Crippen molar-refractivity contribution in [1.29, 1.82) is 0 Å². The van der Waals surface area contributed by atoms with Crippen molar-refractivity contribution in [2.24, 2.45) is 0 Å². The first kappa shape index (κ1) is 18.4. The Morgan fingerprint density at radius 3 is 2.60 bits per heavy atom. The summed E-state index contributed by atoms with van der Waals surface area (Å²) < 4.78 is 12.6. The highest BCUT2D eigenvalue weighted by Crippen LogP contribution is 2.34. The third-order valence-corrected chi connectivity index (χ3v) is 5.12. The molecular formula is C21H26BrNO2. The molecule has 0 spiro atoms. The lowest BCUT2D eigenvalue weighted by Crippen LogP contribution is -2.46. The number of halogens is 1. The van der Waals surface area contributed by atoms with Crippen molar-refractivity contribution in [3.8, 4) is 5.75 Å². The van der Waals surface area contributed by atoms with Crippen molar-refractivity contribution in [3.63, 3.8) is 0 Å². The van der Waals surface area contributed by atoms with Gasteiger partial charge in [-0.05, 0) is 62.1 Å². The van der Waals surface area contributed by atoms with E-state index in [0.717, 1.165) is 42.8 Å². The number of hydrogen-bond donors (Lipinski definition) is 1. The smallest absolute Gasteiger partial charge is 0.120 e. The zero-order valence-electron chi connectivity index (χ0n) is 14.9. The van der Waals surface area contributed by atoms with E-state index in [0.29, 0.717) is 0 Å². The first-order valence-electron chi connectivity index (χ1n) is 8.92. The van der Waals surface area contributed by atoms with E-state index >= 15 is 0 Å². The summed E-state index contributed by atoms with van der Waals surface area (Å²) in [5.41, 5.74) is 2.51. The lowest BCUT2D eigenvalue weighted by atomic mass is 9.82. The van der Waals surface area contributed by atoms with Gasteiger partial charge >= 0.3 is 0 Å². The van der Waals surface area contributed by atoms with E-state index in [-0.39, 0.29) is 11.6 Å². The molecule has 1 saturated heterocycles. The van der Waals surface area contributed by atoms with E-state index < -0.39 is 0 Å². The quantitative estimate of drug-likeness (QED) is 0.733. The first-order chi connectivity index (χ1) is 12.1. The van der Waals surface area contributed by atoms with E-state index in [1.807, 2.05) is 6.07 Å². The minimum Gasteiger partial charge on any atom is -0.491 e. The van der Waals surface area contributed by atoms with Gasteiger partial charge in [0.05, 0.1) is 6.10 Å². The van der Waals surface area contributed by atoms with E-state index in [9.17, 15) is 0 Å². The topological polar surface area (TPSA) is 30.5 Å². The Kier molecular flexibility index (Phi) is 6.15. The van der Waals surface area contributed by atoms with Gasteiger partial charge in [-0.3, -0.25) is 0 Å². The molecule has 0 radical (unpaired) electrons. The van der Waals surface area contributed by atoms with Crippen molar-refractivity contribution < 1.29 is 9.47 Å². The van der Waals surface area contributed by atoms with Crippen LogP contribution < -0.4 is 10.1 Å². The Hall–Kier alpha value is -1.36. The zero-order valence-corrected chi connectivity index (χ0v) is 16.5. The molecule has 1 N–H and O–H groups in total. The predicted molar refractivity (Wildman–Crippen MR) is 105 cm³/mol. The highest BCUT2D eigenvalue weighted by atomic mass is 79.9. The van der Waals surface area contributed by atoms with E-state index in [1.54, 1.807) is 0 Å². The molecule has 0 aliphatic carbocycles. The van der Waals surface area contributed by atoms with Gasteiger partial charge in [-0.1, -0.05) is 40.2 Å². The molecule has 3 rings (SSSR count). The molecule has 0 amide bonds. The number of benzene rings is 2. The molecule has 2 aromatic rings. The molecule has 3 nitrogen and oxygen atoms in total. The summed E-state index contributed by atoms with van der Waals surface area (Å²) in [4.78, 5) is 0. The van der Waals surface area contributed by atoms with Crippen LogP contribution in [0.4, 0.5) is 0 Å². The zero-order chi connectivity index (χ0) is 17.7. The van der Waals surface area contributed by atoms with Gasteiger partial charge in [0.2, 0.25) is 0 Å². The summed E-state index contributed by atoms with van der Waals surface area (Å²) in [6, 6.07) is 17.0. The average Bonchev–Trinajstić information content (AvgIpc) is 2.61. The predicted octanol–water partition coefficient (Wildman–Crippen LogP) is 5.03. The Balaban J connectivity index is 1.78. The normalized spacial score (nSPS) is 16.8. The van der Waals surface area contributed by atoms with E-state index in [4.69, 9.17) is 9.47 Å². The molecule has 0 atom stereocenters. The second-order valence-electron chi connectivity index (χ2n) is 6.87. The summed E-state index contributed by atoms with van der Waals surface area (Å²) in [5.74, 6) is 0.929. The van der Waals surface area contributed by atoms with Gasteiger partial charge in [-0.15, -0.1) is 0 Å². The van der Waals surface area contributed by atoms with Gasteiger partial charge in [-0.25, -0.2) is 0 Å². The van der Waals surface area contributed by atoms with Crippen LogP contribution in [0.1, 0.15) is 37.8 Å². The molecule has 4 heteroatoms. The second-order valence-corrected chi connectivity index (χ2v) is 7.79. The highest BCUT2D eigenvalue weighted by molar-refractivity contribution is 9.10. The van der Waals surface area contributed by atoms with Crippen molar-refractivity contribution in [1.82, 2.24) is 5.32 Å². The van der Waals surface area contributed by atoms with Crippen molar-refractivity contribution in [3.05, 3.63) is 64.1 Å². The molecule has 0 bridgehead atoms. The third-order valence-electron chi connectivity index (χ3n) is 4.62. The van der Waals surface area contributed by atoms with Crippen molar-refractivity contribution in [2.75, 3.05) is 13.2 Å². The average molecular weight is 404 g/mol. The molecule has 134 valence electrons. The second kappa shape index (κ2) is 8.35. The maximum absolute atomic E-state index is 5.82. The lowest BCUT2D eigenvalue weighted by Gasteiger charge is -2.39. The van der Waals surface area contributed by atoms with E-state index in [2.05, 4.69) is 77.6 Å². The van der Waals surface area contributed by atoms with Gasteiger partial charge in [-0.2, -0.15) is 0 Å². The summed E-state index contributed by atoms with van der Waals surface area (Å²) in [5, 5.41) is 3.82.